The van der Waals surface area contributed by atoms with Crippen LogP contribution in [0.1, 0.15) is 18.5 Å². The van der Waals surface area contributed by atoms with Crippen LogP contribution < -0.4 is 5.56 Å². The molecule has 3 heteroatoms. The number of benzene rings is 1. The Labute approximate surface area is 116 Å². The first-order valence-electron chi connectivity index (χ1n) is 7.13. The van der Waals surface area contributed by atoms with Crippen LogP contribution >= 0.6 is 0 Å². The molecule has 0 radical (unpaired) electrons. The van der Waals surface area contributed by atoms with Gasteiger partial charge in [-0.05, 0) is 43.9 Å². The van der Waals surface area contributed by atoms with Gasteiger partial charge >= 0.3 is 0 Å². The zero-order chi connectivity index (χ0) is 13.7. The van der Waals surface area contributed by atoms with Crippen molar-refractivity contribution in [2.75, 3.05) is 0 Å². The number of rotatable bonds is 2. The number of pyridine rings is 2. The van der Waals surface area contributed by atoms with Crippen molar-refractivity contribution in [3.8, 4) is 0 Å². The number of hydrogen-bond acceptors (Lipinski definition) is 2. The third-order valence-electron chi connectivity index (χ3n) is 4.10. The van der Waals surface area contributed by atoms with Crippen LogP contribution in [0.2, 0.25) is 0 Å². The molecule has 0 aliphatic heterocycles. The Balaban J connectivity index is 2.16. The Morgan fingerprint density at radius 1 is 1.15 bits per heavy atom. The van der Waals surface area contributed by atoms with Crippen LogP contribution in [-0.4, -0.2) is 9.55 Å². The zero-order valence-electron chi connectivity index (χ0n) is 11.5. The minimum atomic E-state index is 0.0955. The summed E-state index contributed by atoms with van der Waals surface area (Å²) >= 11 is 0. The van der Waals surface area contributed by atoms with Gasteiger partial charge in [0.15, 0.2) is 0 Å². The quantitative estimate of drug-likeness (QED) is 0.666. The fourth-order valence-electron chi connectivity index (χ4n) is 2.84. The van der Waals surface area contributed by atoms with Crippen LogP contribution in [0.5, 0.6) is 0 Å². The van der Waals surface area contributed by atoms with E-state index in [1.165, 1.54) is 12.8 Å². The lowest BCUT2D eigenvalue weighted by molar-refractivity contribution is 0.630. The third kappa shape index (κ3) is 1.73. The van der Waals surface area contributed by atoms with Crippen molar-refractivity contribution in [3.05, 3.63) is 52.4 Å². The standard InChI is InChI=1S/C17H16N2O/c1-11-6-9-14-16(18-11)13-4-2-3-5-15(13)19(17(14)20)10-12-7-8-12/h2-6,9,12H,7-8,10H2,1H3. The normalized spacial score (nSPS) is 15.1. The molecule has 0 atom stereocenters. The van der Waals surface area contributed by atoms with Crippen LogP contribution in [0.25, 0.3) is 21.8 Å². The Hall–Kier alpha value is -2.16. The third-order valence-corrected chi connectivity index (χ3v) is 4.10. The minimum absolute atomic E-state index is 0.0955. The molecule has 100 valence electrons. The molecule has 0 spiro atoms. The molecule has 2 aromatic heterocycles. The SMILES string of the molecule is Cc1ccc2c(=O)n(CC3CC3)c3ccccc3c2n1. The van der Waals surface area contributed by atoms with Gasteiger partial charge in [-0.3, -0.25) is 9.78 Å². The fourth-order valence-corrected chi connectivity index (χ4v) is 2.84. The van der Waals surface area contributed by atoms with Gasteiger partial charge in [0.1, 0.15) is 0 Å². The van der Waals surface area contributed by atoms with Crippen molar-refractivity contribution < 1.29 is 0 Å². The summed E-state index contributed by atoms with van der Waals surface area (Å²) in [4.78, 5) is 17.3. The summed E-state index contributed by atoms with van der Waals surface area (Å²) in [6.45, 7) is 2.80. The molecule has 1 fully saturated rings. The van der Waals surface area contributed by atoms with Crippen molar-refractivity contribution >= 4 is 21.8 Å². The summed E-state index contributed by atoms with van der Waals surface area (Å²) < 4.78 is 1.94. The van der Waals surface area contributed by atoms with Gasteiger partial charge in [-0.25, -0.2) is 0 Å². The highest BCUT2D eigenvalue weighted by Crippen LogP contribution is 2.32. The maximum absolute atomic E-state index is 12.7. The first-order chi connectivity index (χ1) is 9.74. The highest BCUT2D eigenvalue weighted by molar-refractivity contribution is 6.03. The molecule has 3 aromatic rings. The number of hydrogen-bond donors (Lipinski definition) is 0. The molecule has 0 amide bonds. The second-order valence-electron chi connectivity index (χ2n) is 5.73. The molecule has 3 nitrogen and oxygen atoms in total. The van der Waals surface area contributed by atoms with Crippen molar-refractivity contribution in [2.45, 2.75) is 26.3 Å². The van der Waals surface area contributed by atoms with Gasteiger partial charge in [0.2, 0.25) is 0 Å². The van der Waals surface area contributed by atoms with E-state index in [2.05, 4.69) is 11.1 Å². The van der Waals surface area contributed by atoms with Crippen LogP contribution in [0.15, 0.2) is 41.2 Å². The number of fused-ring (bicyclic) bond motifs is 3. The molecule has 20 heavy (non-hydrogen) atoms. The van der Waals surface area contributed by atoms with Crippen molar-refractivity contribution in [1.82, 2.24) is 9.55 Å². The first kappa shape index (κ1) is 11.6. The summed E-state index contributed by atoms with van der Waals surface area (Å²) in [5.74, 6) is 0.673. The van der Waals surface area contributed by atoms with Gasteiger partial charge in [0.05, 0.1) is 16.4 Å². The van der Waals surface area contributed by atoms with Crippen LogP contribution in [0.3, 0.4) is 0 Å². The lowest BCUT2D eigenvalue weighted by Crippen LogP contribution is -2.22. The highest BCUT2D eigenvalue weighted by atomic mass is 16.1. The van der Waals surface area contributed by atoms with E-state index in [9.17, 15) is 4.79 Å². The largest absolute Gasteiger partial charge is 0.307 e. The summed E-state index contributed by atoms with van der Waals surface area (Å²) in [5, 5.41) is 1.81. The summed E-state index contributed by atoms with van der Waals surface area (Å²) in [6.07, 6.45) is 2.48. The Kier molecular flexibility index (Phi) is 2.43. The lowest BCUT2D eigenvalue weighted by atomic mass is 10.1. The zero-order valence-corrected chi connectivity index (χ0v) is 11.5. The van der Waals surface area contributed by atoms with E-state index in [1.54, 1.807) is 0 Å². The maximum Gasteiger partial charge on any atom is 0.260 e. The number of aromatic nitrogens is 2. The molecule has 2 heterocycles. The van der Waals surface area contributed by atoms with E-state index in [4.69, 9.17) is 0 Å². The smallest absolute Gasteiger partial charge is 0.260 e. The van der Waals surface area contributed by atoms with Crippen molar-refractivity contribution in [1.29, 1.82) is 0 Å². The minimum Gasteiger partial charge on any atom is -0.307 e. The van der Waals surface area contributed by atoms with Gasteiger partial charge in [0, 0.05) is 17.6 Å². The molecule has 1 aromatic carbocycles. The van der Waals surface area contributed by atoms with Crippen LogP contribution in [-0.2, 0) is 6.54 Å². The van der Waals surface area contributed by atoms with Crippen LogP contribution in [0, 0.1) is 12.8 Å². The van der Waals surface area contributed by atoms with E-state index in [-0.39, 0.29) is 5.56 Å². The Bertz CT molecular complexity index is 875. The molecular formula is C17H16N2O. The average molecular weight is 264 g/mol. The number of nitrogens with zero attached hydrogens (tertiary/aromatic N) is 2. The summed E-state index contributed by atoms with van der Waals surface area (Å²) in [7, 11) is 0. The Morgan fingerprint density at radius 2 is 1.95 bits per heavy atom. The molecule has 4 rings (SSSR count). The first-order valence-corrected chi connectivity index (χ1v) is 7.13. The second kappa shape index (κ2) is 4.17. The van der Waals surface area contributed by atoms with Crippen LogP contribution in [0.4, 0.5) is 0 Å². The van der Waals surface area contributed by atoms with Gasteiger partial charge in [-0.1, -0.05) is 18.2 Å². The van der Waals surface area contributed by atoms with Gasteiger partial charge in [0.25, 0.3) is 5.56 Å². The molecule has 0 unspecified atom stereocenters. The molecule has 1 aliphatic carbocycles. The van der Waals surface area contributed by atoms with E-state index in [0.29, 0.717) is 5.92 Å². The molecule has 0 saturated heterocycles. The monoisotopic (exact) mass is 264 g/mol. The maximum atomic E-state index is 12.7. The predicted molar refractivity (Wildman–Crippen MR) is 81.0 cm³/mol. The average Bonchev–Trinajstić information content (AvgIpc) is 3.27. The number of para-hydroxylation sites is 1. The van der Waals surface area contributed by atoms with Crippen molar-refractivity contribution in [2.24, 2.45) is 5.92 Å². The summed E-state index contributed by atoms with van der Waals surface area (Å²) in [6, 6.07) is 11.9. The number of aryl methyl sites for hydroxylation is 1. The lowest BCUT2D eigenvalue weighted by Gasteiger charge is -2.12. The molecule has 1 aliphatic rings. The van der Waals surface area contributed by atoms with E-state index < -0.39 is 0 Å². The van der Waals surface area contributed by atoms with Gasteiger partial charge in [-0.2, -0.15) is 0 Å². The van der Waals surface area contributed by atoms with E-state index in [1.807, 2.05) is 41.8 Å². The van der Waals surface area contributed by atoms with E-state index in [0.717, 1.165) is 34.0 Å². The highest BCUT2D eigenvalue weighted by Gasteiger charge is 2.23. The predicted octanol–water partition coefficient (Wildman–Crippen LogP) is 3.27. The summed E-state index contributed by atoms with van der Waals surface area (Å²) in [5.41, 5.74) is 2.88. The molecule has 1 saturated carbocycles. The van der Waals surface area contributed by atoms with E-state index >= 15 is 0 Å². The topological polar surface area (TPSA) is 34.9 Å². The van der Waals surface area contributed by atoms with Gasteiger partial charge in [-0.15, -0.1) is 0 Å². The molecular weight excluding hydrogens is 248 g/mol. The Morgan fingerprint density at radius 3 is 2.75 bits per heavy atom. The molecule has 0 bridgehead atoms. The second-order valence-corrected chi connectivity index (χ2v) is 5.73. The van der Waals surface area contributed by atoms with Gasteiger partial charge < -0.3 is 4.57 Å². The van der Waals surface area contributed by atoms with Crippen molar-refractivity contribution in [3.63, 3.8) is 0 Å². The molecule has 0 N–H and O–H groups in total. The fraction of sp³-hybridized carbons (Fsp3) is 0.294.